The molecule has 2 N–H and O–H groups in total. The average molecular weight is 387 g/mol. The molecule has 0 heterocycles. The third kappa shape index (κ3) is 5.74. The molecular weight excluding hydrogens is 348 g/mol. The molecular formula is C24H38O2Si. The van der Waals surface area contributed by atoms with E-state index in [1.54, 1.807) is 0 Å². The molecule has 1 aliphatic rings. The first-order valence-electron chi connectivity index (χ1n) is 10.5. The molecule has 2 atom stereocenters. The van der Waals surface area contributed by atoms with Crippen LogP contribution in [0.4, 0.5) is 0 Å². The summed E-state index contributed by atoms with van der Waals surface area (Å²) in [6, 6.07) is 6.31. The van der Waals surface area contributed by atoms with Gasteiger partial charge in [-0.15, -0.1) is 0 Å². The first kappa shape index (κ1) is 21.8. The van der Waals surface area contributed by atoms with E-state index < -0.39 is 8.07 Å². The first-order valence-corrected chi connectivity index (χ1v) is 13.9. The molecule has 0 radical (unpaired) electrons. The number of unbranched alkanes of at least 4 members (excludes halogenated alkanes) is 1. The molecule has 0 fully saturated rings. The van der Waals surface area contributed by atoms with Crippen LogP contribution in [0, 0.1) is 5.92 Å². The minimum atomic E-state index is -1.21. The van der Waals surface area contributed by atoms with Gasteiger partial charge in [0.1, 0.15) is 11.5 Å². The predicted molar refractivity (Wildman–Crippen MR) is 120 cm³/mol. The summed E-state index contributed by atoms with van der Waals surface area (Å²) in [4.78, 5) is 0. The van der Waals surface area contributed by atoms with Gasteiger partial charge < -0.3 is 10.2 Å². The van der Waals surface area contributed by atoms with E-state index in [-0.39, 0.29) is 23.3 Å². The number of phenols is 2. The Balaban J connectivity index is 2.23. The van der Waals surface area contributed by atoms with Crippen molar-refractivity contribution in [1.29, 1.82) is 0 Å². The zero-order valence-corrected chi connectivity index (χ0v) is 18.9. The summed E-state index contributed by atoms with van der Waals surface area (Å²) >= 11 is 0. The van der Waals surface area contributed by atoms with Gasteiger partial charge in [-0.05, 0) is 56.7 Å². The van der Waals surface area contributed by atoms with Gasteiger partial charge in [0.25, 0.3) is 0 Å². The van der Waals surface area contributed by atoms with Gasteiger partial charge in [-0.2, -0.15) is 0 Å². The van der Waals surface area contributed by atoms with Crippen molar-refractivity contribution in [3.05, 3.63) is 47.1 Å². The summed E-state index contributed by atoms with van der Waals surface area (Å²) in [5.74, 6) is 0.762. The normalized spacial score (nSPS) is 20.4. The van der Waals surface area contributed by atoms with Gasteiger partial charge in [-0.3, -0.25) is 0 Å². The molecule has 3 heteroatoms. The molecule has 0 bridgehead atoms. The molecule has 0 spiro atoms. The average Bonchev–Trinajstić information content (AvgIpc) is 2.58. The Morgan fingerprint density at radius 1 is 1.19 bits per heavy atom. The monoisotopic (exact) mass is 386 g/mol. The SMILES string of the molecule is C=C(C)[C@H]1CCC(C)=C[C@@H]1c1c(O)cc(CC[Si](C)(C)CCCC)cc1O. The number of phenolic OH excluding ortho intramolecular Hbond substituents is 2. The van der Waals surface area contributed by atoms with Crippen LogP contribution >= 0.6 is 0 Å². The van der Waals surface area contributed by atoms with Crippen molar-refractivity contribution in [3.8, 4) is 11.5 Å². The van der Waals surface area contributed by atoms with Gasteiger partial charge in [0, 0.05) is 19.6 Å². The van der Waals surface area contributed by atoms with E-state index in [9.17, 15) is 10.2 Å². The summed E-state index contributed by atoms with van der Waals surface area (Å²) in [5.41, 5.74) is 4.17. The summed E-state index contributed by atoms with van der Waals surface area (Å²) in [5, 5.41) is 21.5. The fourth-order valence-electron chi connectivity index (χ4n) is 4.33. The van der Waals surface area contributed by atoms with Crippen molar-refractivity contribution < 1.29 is 10.2 Å². The number of hydrogen-bond acceptors (Lipinski definition) is 2. The Kier molecular flexibility index (Phi) is 7.38. The van der Waals surface area contributed by atoms with Gasteiger partial charge in [0.2, 0.25) is 0 Å². The molecule has 27 heavy (non-hydrogen) atoms. The van der Waals surface area contributed by atoms with Crippen LogP contribution in [0.15, 0.2) is 35.9 Å². The molecule has 1 aromatic rings. The van der Waals surface area contributed by atoms with E-state index >= 15 is 0 Å². The van der Waals surface area contributed by atoms with E-state index in [0.717, 1.165) is 30.4 Å². The van der Waals surface area contributed by atoms with Crippen molar-refractivity contribution in [2.75, 3.05) is 0 Å². The molecule has 0 aromatic heterocycles. The van der Waals surface area contributed by atoms with Gasteiger partial charge in [-0.1, -0.05) is 68.7 Å². The Morgan fingerprint density at radius 2 is 1.81 bits per heavy atom. The van der Waals surface area contributed by atoms with Crippen molar-refractivity contribution >= 4 is 8.07 Å². The molecule has 0 amide bonds. The molecule has 2 rings (SSSR count). The van der Waals surface area contributed by atoms with Gasteiger partial charge >= 0.3 is 0 Å². The number of hydrogen-bond donors (Lipinski definition) is 2. The smallest absolute Gasteiger partial charge is 0.123 e. The minimum Gasteiger partial charge on any atom is -0.507 e. The lowest BCUT2D eigenvalue weighted by Crippen LogP contribution is -2.25. The second-order valence-electron chi connectivity index (χ2n) is 9.35. The molecule has 0 unspecified atom stereocenters. The zero-order valence-electron chi connectivity index (χ0n) is 17.9. The van der Waals surface area contributed by atoms with Crippen LogP contribution < -0.4 is 0 Å². The highest BCUT2D eigenvalue weighted by Gasteiger charge is 2.30. The van der Waals surface area contributed by atoms with Gasteiger partial charge in [0.05, 0.1) is 0 Å². The molecule has 0 aliphatic heterocycles. The fraction of sp³-hybridized carbons (Fsp3) is 0.583. The van der Waals surface area contributed by atoms with Crippen molar-refractivity contribution in [1.82, 2.24) is 0 Å². The van der Waals surface area contributed by atoms with Crippen LogP contribution in [0.25, 0.3) is 0 Å². The summed E-state index contributed by atoms with van der Waals surface area (Å²) in [6.45, 7) is 15.5. The van der Waals surface area contributed by atoms with Crippen molar-refractivity contribution in [2.45, 2.75) is 84.0 Å². The quantitative estimate of drug-likeness (QED) is 0.367. The Bertz CT molecular complexity index is 679. The summed E-state index contributed by atoms with van der Waals surface area (Å²) in [6.07, 6.45) is 7.80. The zero-order chi connectivity index (χ0) is 20.2. The maximum absolute atomic E-state index is 10.8. The highest BCUT2D eigenvalue weighted by atomic mass is 28.3. The maximum Gasteiger partial charge on any atom is 0.123 e. The van der Waals surface area contributed by atoms with E-state index in [0.29, 0.717) is 5.56 Å². The number of aryl methyl sites for hydroxylation is 1. The van der Waals surface area contributed by atoms with Crippen molar-refractivity contribution in [3.63, 3.8) is 0 Å². The topological polar surface area (TPSA) is 40.5 Å². The standard InChI is InChI=1S/C24H38O2Si/c1-7-8-12-27(5,6)13-11-19-15-22(25)24(23(26)16-19)21-14-18(4)9-10-20(21)17(2)3/h14-16,20-21,25-26H,2,7-13H2,1,3-6H3/t20-,21+/m1/s1. The first-order chi connectivity index (χ1) is 12.6. The van der Waals surface area contributed by atoms with Crippen LogP contribution in [0.2, 0.25) is 25.2 Å². The largest absolute Gasteiger partial charge is 0.507 e. The molecule has 1 aromatic carbocycles. The number of allylic oxidation sites excluding steroid dienone is 3. The third-order valence-corrected chi connectivity index (χ3v) is 9.52. The number of aromatic hydroxyl groups is 2. The third-order valence-electron chi connectivity index (χ3n) is 6.21. The Morgan fingerprint density at radius 3 is 2.37 bits per heavy atom. The van der Waals surface area contributed by atoms with E-state index in [2.05, 4.69) is 46.5 Å². The summed E-state index contributed by atoms with van der Waals surface area (Å²) in [7, 11) is -1.21. The predicted octanol–water partition coefficient (Wildman–Crippen LogP) is 7.16. The second-order valence-corrected chi connectivity index (χ2v) is 14.7. The van der Waals surface area contributed by atoms with Crippen LogP contribution in [0.1, 0.15) is 63.5 Å². The fourth-order valence-corrected chi connectivity index (χ4v) is 6.86. The molecule has 2 nitrogen and oxygen atoms in total. The van der Waals surface area contributed by atoms with Crippen LogP contribution in [0.3, 0.4) is 0 Å². The second kappa shape index (κ2) is 9.14. The van der Waals surface area contributed by atoms with Crippen LogP contribution in [-0.4, -0.2) is 18.3 Å². The van der Waals surface area contributed by atoms with Gasteiger partial charge in [0.15, 0.2) is 0 Å². The van der Waals surface area contributed by atoms with E-state index in [4.69, 9.17) is 0 Å². The Hall–Kier alpha value is -1.48. The Labute approximate surface area is 167 Å². The highest BCUT2D eigenvalue weighted by Crippen LogP contribution is 2.46. The van der Waals surface area contributed by atoms with Crippen molar-refractivity contribution in [2.24, 2.45) is 5.92 Å². The van der Waals surface area contributed by atoms with E-state index in [1.165, 1.54) is 30.5 Å². The highest BCUT2D eigenvalue weighted by molar-refractivity contribution is 6.77. The summed E-state index contributed by atoms with van der Waals surface area (Å²) < 4.78 is 0. The number of benzene rings is 1. The molecule has 150 valence electrons. The molecule has 0 saturated carbocycles. The molecule has 0 saturated heterocycles. The van der Waals surface area contributed by atoms with Crippen LogP contribution in [0.5, 0.6) is 11.5 Å². The number of rotatable bonds is 8. The lowest BCUT2D eigenvalue weighted by molar-refractivity contribution is 0.406. The molecule has 1 aliphatic carbocycles. The minimum absolute atomic E-state index is 0.0145. The maximum atomic E-state index is 10.8. The van der Waals surface area contributed by atoms with E-state index in [1.807, 2.05) is 12.1 Å². The van der Waals surface area contributed by atoms with Crippen LogP contribution in [-0.2, 0) is 6.42 Å². The lowest BCUT2D eigenvalue weighted by atomic mass is 9.73. The van der Waals surface area contributed by atoms with Gasteiger partial charge in [-0.25, -0.2) is 0 Å². The lowest BCUT2D eigenvalue weighted by Gasteiger charge is -2.31.